The molecule has 0 aliphatic heterocycles. The van der Waals surface area contributed by atoms with Crippen molar-refractivity contribution >= 4 is 0 Å². The fourth-order valence-electron chi connectivity index (χ4n) is 1.90. The molecule has 0 unspecified atom stereocenters. The van der Waals surface area contributed by atoms with Gasteiger partial charge >= 0.3 is 0 Å². The van der Waals surface area contributed by atoms with Crippen molar-refractivity contribution in [2.75, 3.05) is 0 Å². The average molecular weight is 271 g/mol. The highest BCUT2D eigenvalue weighted by Crippen LogP contribution is 2.25. The monoisotopic (exact) mass is 271 g/mol. The Hall–Kier alpha value is -2.38. The minimum absolute atomic E-state index is 0.0738. The summed E-state index contributed by atoms with van der Waals surface area (Å²) in [5, 5.41) is 18.6. The zero-order valence-electron chi connectivity index (χ0n) is 11.0. The Bertz CT molecular complexity index is 647. The predicted molar refractivity (Wildman–Crippen MR) is 72.5 cm³/mol. The number of halogens is 1. The molecule has 0 saturated heterocycles. The van der Waals surface area contributed by atoms with Gasteiger partial charge in [0, 0.05) is 11.1 Å². The maximum atomic E-state index is 13.2. The van der Waals surface area contributed by atoms with Gasteiger partial charge in [-0.3, -0.25) is 0 Å². The smallest absolute Gasteiger partial charge is 0.125 e. The van der Waals surface area contributed by atoms with E-state index >= 15 is 0 Å². The van der Waals surface area contributed by atoms with Crippen LogP contribution in [0.1, 0.15) is 29.7 Å². The summed E-state index contributed by atoms with van der Waals surface area (Å²) in [5.41, 5.74) is 1.51. The molecule has 0 bridgehead atoms. The number of aliphatic hydroxyl groups excluding tert-OH is 1. The van der Waals surface area contributed by atoms with Crippen molar-refractivity contribution in [2.24, 2.45) is 0 Å². The molecule has 2 aromatic rings. The number of nitrogens with zero attached hydrogens (tertiary/aromatic N) is 1. The van der Waals surface area contributed by atoms with Crippen LogP contribution in [0.25, 0.3) is 0 Å². The van der Waals surface area contributed by atoms with Crippen LogP contribution in [-0.2, 0) is 6.61 Å². The van der Waals surface area contributed by atoms with Gasteiger partial charge in [-0.2, -0.15) is 5.26 Å². The van der Waals surface area contributed by atoms with Gasteiger partial charge in [0.15, 0.2) is 0 Å². The Morgan fingerprint density at radius 3 is 2.75 bits per heavy atom. The van der Waals surface area contributed by atoms with E-state index in [4.69, 9.17) is 10.00 Å². The molecule has 3 nitrogen and oxygen atoms in total. The molecule has 0 fully saturated rings. The highest BCUT2D eigenvalue weighted by Gasteiger charge is 2.10. The Labute approximate surface area is 116 Å². The molecule has 0 aliphatic rings. The van der Waals surface area contributed by atoms with E-state index in [1.807, 2.05) is 6.07 Å². The zero-order valence-corrected chi connectivity index (χ0v) is 11.0. The Morgan fingerprint density at radius 1 is 1.30 bits per heavy atom. The lowest BCUT2D eigenvalue weighted by molar-refractivity contribution is 0.190. The molecule has 0 aliphatic carbocycles. The van der Waals surface area contributed by atoms with Crippen molar-refractivity contribution in [3.05, 3.63) is 65.0 Å². The third kappa shape index (κ3) is 3.14. The molecule has 0 radical (unpaired) electrons. The minimum Gasteiger partial charge on any atom is -0.488 e. The largest absolute Gasteiger partial charge is 0.488 e. The molecule has 2 rings (SSSR count). The second-order valence-corrected chi connectivity index (χ2v) is 4.42. The Kier molecular flexibility index (Phi) is 4.34. The zero-order chi connectivity index (χ0) is 14.5. The second kappa shape index (κ2) is 6.18. The Morgan fingerprint density at radius 2 is 2.05 bits per heavy atom. The first-order valence-electron chi connectivity index (χ1n) is 6.20. The molecule has 0 aromatic heterocycles. The van der Waals surface area contributed by atoms with Crippen LogP contribution in [0.3, 0.4) is 0 Å². The van der Waals surface area contributed by atoms with Crippen molar-refractivity contribution in [3.8, 4) is 11.8 Å². The number of rotatable bonds is 4. The molecule has 0 heterocycles. The van der Waals surface area contributed by atoms with Crippen LogP contribution < -0.4 is 4.74 Å². The maximum absolute atomic E-state index is 13.2. The predicted octanol–water partition coefficient (Wildman–Crippen LogP) is 3.33. The third-order valence-corrected chi connectivity index (χ3v) is 2.94. The SMILES string of the molecule is C[C@@H](O)c1ccccc1OCc1cc(F)ccc1C#N. The van der Waals surface area contributed by atoms with E-state index in [-0.39, 0.29) is 6.61 Å². The van der Waals surface area contributed by atoms with Crippen LogP contribution in [0.15, 0.2) is 42.5 Å². The van der Waals surface area contributed by atoms with Crippen molar-refractivity contribution < 1.29 is 14.2 Å². The standard InChI is InChI=1S/C16H14FNO2/c1-11(19)15-4-2-3-5-16(15)20-10-13-8-14(17)7-6-12(13)9-18/h2-8,11,19H,10H2,1H3/t11-/m1/s1. The van der Waals surface area contributed by atoms with Crippen LogP contribution in [0, 0.1) is 17.1 Å². The summed E-state index contributed by atoms with van der Waals surface area (Å²) >= 11 is 0. The van der Waals surface area contributed by atoms with Crippen molar-refractivity contribution in [1.82, 2.24) is 0 Å². The average Bonchev–Trinajstić information content (AvgIpc) is 2.45. The van der Waals surface area contributed by atoms with Crippen LogP contribution in [0.5, 0.6) is 5.75 Å². The van der Waals surface area contributed by atoms with Crippen molar-refractivity contribution in [3.63, 3.8) is 0 Å². The summed E-state index contributed by atoms with van der Waals surface area (Å²) in [5.74, 6) is 0.113. The molecule has 4 heteroatoms. The number of benzene rings is 2. The summed E-state index contributed by atoms with van der Waals surface area (Å²) in [6.07, 6.45) is -0.658. The lowest BCUT2D eigenvalue weighted by Crippen LogP contribution is -2.02. The number of ether oxygens (including phenoxy) is 1. The molecule has 2 aromatic carbocycles. The molecule has 102 valence electrons. The molecule has 1 atom stereocenters. The van der Waals surface area contributed by atoms with Gasteiger partial charge in [-0.25, -0.2) is 4.39 Å². The fourth-order valence-corrected chi connectivity index (χ4v) is 1.90. The topological polar surface area (TPSA) is 53.2 Å². The minimum atomic E-state index is -0.658. The number of hydrogen-bond donors (Lipinski definition) is 1. The van der Waals surface area contributed by atoms with Gasteiger partial charge in [0.05, 0.1) is 17.7 Å². The highest BCUT2D eigenvalue weighted by molar-refractivity contribution is 5.39. The van der Waals surface area contributed by atoms with E-state index in [1.165, 1.54) is 18.2 Å². The van der Waals surface area contributed by atoms with Crippen LogP contribution >= 0.6 is 0 Å². The summed E-state index contributed by atoms with van der Waals surface area (Å²) in [6, 6.07) is 13.0. The number of nitriles is 1. The van der Waals surface area contributed by atoms with Gasteiger partial charge in [0.1, 0.15) is 18.2 Å². The molecular weight excluding hydrogens is 257 g/mol. The molecule has 0 amide bonds. The van der Waals surface area contributed by atoms with Gasteiger partial charge in [-0.1, -0.05) is 18.2 Å². The van der Waals surface area contributed by atoms with Crippen LogP contribution in [0.2, 0.25) is 0 Å². The quantitative estimate of drug-likeness (QED) is 0.928. The molecule has 0 saturated carbocycles. The van der Waals surface area contributed by atoms with Gasteiger partial charge in [-0.05, 0) is 31.2 Å². The van der Waals surface area contributed by atoms with Gasteiger partial charge in [0.2, 0.25) is 0 Å². The van der Waals surface area contributed by atoms with Crippen molar-refractivity contribution in [1.29, 1.82) is 5.26 Å². The number of aliphatic hydroxyl groups is 1. The number of hydrogen-bond acceptors (Lipinski definition) is 3. The summed E-state index contributed by atoms with van der Waals surface area (Å²) < 4.78 is 18.8. The van der Waals surface area contributed by atoms with E-state index < -0.39 is 11.9 Å². The first kappa shape index (κ1) is 14.0. The first-order chi connectivity index (χ1) is 9.61. The second-order valence-electron chi connectivity index (χ2n) is 4.42. The molecule has 20 heavy (non-hydrogen) atoms. The van der Waals surface area contributed by atoms with Crippen LogP contribution in [-0.4, -0.2) is 5.11 Å². The van der Waals surface area contributed by atoms with Gasteiger partial charge < -0.3 is 9.84 Å². The van der Waals surface area contributed by atoms with Gasteiger partial charge in [-0.15, -0.1) is 0 Å². The summed E-state index contributed by atoms with van der Waals surface area (Å²) in [6.45, 7) is 1.72. The van der Waals surface area contributed by atoms with E-state index in [0.717, 1.165) is 0 Å². The van der Waals surface area contributed by atoms with E-state index in [0.29, 0.717) is 22.4 Å². The lowest BCUT2D eigenvalue weighted by atomic mass is 10.1. The third-order valence-electron chi connectivity index (χ3n) is 2.94. The van der Waals surface area contributed by atoms with E-state index in [2.05, 4.69) is 0 Å². The highest BCUT2D eigenvalue weighted by atomic mass is 19.1. The molecular formula is C16H14FNO2. The number of para-hydroxylation sites is 1. The van der Waals surface area contributed by atoms with Crippen molar-refractivity contribution in [2.45, 2.75) is 19.6 Å². The Balaban J connectivity index is 2.22. The fraction of sp³-hybridized carbons (Fsp3) is 0.188. The normalized spacial score (nSPS) is 11.7. The molecule has 0 spiro atoms. The summed E-state index contributed by atoms with van der Waals surface area (Å²) in [4.78, 5) is 0. The van der Waals surface area contributed by atoms with Crippen LogP contribution in [0.4, 0.5) is 4.39 Å². The maximum Gasteiger partial charge on any atom is 0.125 e. The molecule has 1 N–H and O–H groups in total. The lowest BCUT2D eigenvalue weighted by Gasteiger charge is -2.13. The van der Waals surface area contributed by atoms with E-state index in [1.54, 1.807) is 31.2 Å². The van der Waals surface area contributed by atoms with E-state index in [9.17, 15) is 9.50 Å². The summed E-state index contributed by atoms with van der Waals surface area (Å²) in [7, 11) is 0. The van der Waals surface area contributed by atoms with Gasteiger partial charge in [0.25, 0.3) is 0 Å². The first-order valence-corrected chi connectivity index (χ1v) is 6.20.